The molecule has 0 amide bonds. The van der Waals surface area contributed by atoms with E-state index >= 15 is 0 Å². The first-order valence-corrected chi connectivity index (χ1v) is 6.02. The van der Waals surface area contributed by atoms with Crippen molar-refractivity contribution < 1.29 is 4.79 Å². The predicted molar refractivity (Wildman–Crippen MR) is 66.4 cm³/mol. The van der Waals surface area contributed by atoms with Gasteiger partial charge in [0, 0.05) is 25.3 Å². The van der Waals surface area contributed by atoms with Crippen molar-refractivity contribution >= 4 is 28.3 Å². The minimum absolute atomic E-state index is 0.127. The lowest BCUT2D eigenvalue weighted by atomic mass is 10.3. The third kappa shape index (κ3) is 2.19. The topological polar surface area (TPSA) is 60.4 Å². The van der Waals surface area contributed by atoms with Crippen molar-refractivity contribution in [1.29, 1.82) is 0 Å². The Bertz CT molecular complexity index is 521. The Hall–Kier alpha value is -1.49. The van der Waals surface area contributed by atoms with E-state index in [0.29, 0.717) is 5.82 Å². The molecule has 0 spiro atoms. The van der Waals surface area contributed by atoms with Crippen LogP contribution in [0.3, 0.4) is 0 Å². The molecule has 0 aliphatic rings. The average Bonchev–Trinajstić information content (AvgIpc) is 2.56. The number of rotatable bonds is 3. The second kappa shape index (κ2) is 4.57. The van der Waals surface area contributed by atoms with E-state index in [-0.39, 0.29) is 5.12 Å². The number of fused-ring (bicyclic) bond motifs is 1. The second-order valence-electron chi connectivity index (χ2n) is 3.46. The van der Waals surface area contributed by atoms with Crippen LogP contribution in [0.15, 0.2) is 24.4 Å². The Balaban J connectivity index is 2.18. The summed E-state index contributed by atoms with van der Waals surface area (Å²) in [6, 6.07) is 5.76. The molecule has 0 atom stereocenters. The van der Waals surface area contributed by atoms with Gasteiger partial charge in [0.1, 0.15) is 11.5 Å². The highest BCUT2D eigenvalue weighted by Gasteiger charge is 2.08. The molecule has 0 aliphatic carbocycles. The summed E-state index contributed by atoms with van der Waals surface area (Å²) in [6.07, 6.45) is 2.61. The van der Waals surface area contributed by atoms with Crippen LogP contribution in [0.1, 0.15) is 12.6 Å². The first-order chi connectivity index (χ1) is 7.68. The largest absolute Gasteiger partial charge is 0.383 e. The zero-order valence-electron chi connectivity index (χ0n) is 9.01. The third-order valence-corrected chi connectivity index (χ3v) is 3.10. The first-order valence-electron chi connectivity index (χ1n) is 5.03. The maximum absolute atomic E-state index is 10.8. The monoisotopic (exact) mass is 235 g/mol. The van der Waals surface area contributed by atoms with Crippen LogP contribution in [0.5, 0.6) is 0 Å². The summed E-state index contributed by atoms with van der Waals surface area (Å²) in [5, 5.41) is 0.127. The van der Waals surface area contributed by atoms with Crippen molar-refractivity contribution in [1.82, 2.24) is 9.38 Å². The summed E-state index contributed by atoms with van der Waals surface area (Å²) in [6.45, 7) is 1.57. The minimum atomic E-state index is 0.127. The van der Waals surface area contributed by atoms with Gasteiger partial charge in [0.15, 0.2) is 5.12 Å². The van der Waals surface area contributed by atoms with Crippen molar-refractivity contribution in [2.75, 3.05) is 11.5 Å². The number of hydrogen-bond acceptors (Lipinski definition) is 4. The molecule has 2 aromatic rings. The van der Waals surface area contributed by atoms with Crippen LogP contribution in [0.2, 0.25) is 0 Å². The molecule has 0 fully saturated rings. The second-order valence-corrected chi connectivity index (χ2v) is 4.73. The lowest BCUT2D eigenvalue weighted by molar-refractivity contribution is -0.109. The Kier molecular flexibility index (Phi) is 3.14. The van der Waals surface area contributed by atoms with E-state index in [0.717, 1.165) is 23.5 Å². The van der Waals surface area contributed by atoms with Gasteiger partial charge in [-0.3, -0.25) is 9.20 Å². The highest BCUT2D eigenvalue weighted by molar-refractivity contribution is 8.13. The summed E-state index contributed by atoms with van der Waals surface area (Å²) < 4.78 is 1.85. The molecule has 0 saturated heterocycles. The first kappa shape index (κ1) is 11.0. The van der Waals surface area contributed by atoms with Gasteiger partial charge in [-0.15, -0.1) is 0 Å². The van der Waals surface area contributed by atoms with Gasteiger partial charge >= 0.3 is 0 Å². The number of aromatic nitrogens is 2. The molecule has 2 heterocycles. The van der Waals surface area contributed by atoms with Gasteiger partial charge in [-0.1, -0.05) is 17.8 Å². The van der Waals surface area contributed by atoms with Gasteiger partial charge < -0.3 is 5.73 Å². The zero-order valence-corrected chi connectivity index (χ0v) is 9.83. The highest BCUT2D eigenvalue weighted by atomic mass is 32.2. The molecular formula is C11H13N3OS. The van der Waals surface area contributed by atoms with Gasteiger partial charge in [-0.25, -0.2) is 4.98 Å². The molecule has 4 nitrogen and oxygen atoms in total. The lowest BCUT2D eigenvalue weighted by Crippen LogP contribution is -1.98. The van der Waals surface area contributed by atoms with Crippen molar-refractivity contribution in [3.63, 3.8) is 0 Å². The summed E-state index contributed by atoms with van der Waals surface area (Å²) in [5.41, 5.74) is 7.67. The SMILES string of the molecule is CC(=O)SCCc1nc2ccccn2c1N. The van der Waals surface area contributed by atoms with Gasteiger partial charge in [0.2, 0.25) is 0 Å². The van der Waals surface area contributed by atoms with Crippen molar-refractivity contribution in [2.45, 2.75) is 13.3 Å². The minimum Gasteiger partial charge on any atom is -0.383 e. The zero-order chi connectivity index (χ0) is 11.5. The Morgan fingerprint density at radius 2 is 2.38 bits per heavy atom. The smallest absolute Gasteiger partial charge is 0.185 e. The third-order valence-electron chi connectivity index (χ3n) is 2.29. The highest BCUT2D eigenvalue weighted by Crippen LogP contribution is 2.16. The summed E-state index contributed by atoms with van der Waals surface area (Å²) >= 11 is 1.30. The van der Waals surface area contributed by atoms with E-state index in [4.69, 9.17) is 5.73 Å². The van der Waals surface area contributed by atoms with Crippen LogP contribution in [-0.4, -0.2) is 20.3 Å². The molecule has 16 heavy (non-hydrogen) atoms. The van der Waals surface area contributed by atoms with Crippen LogP contribution in [-0.2, 0) is 11.2 Å². The van der Waals surface area contributed by atoms with Crippen molar-refractivity contribution in [3.05, 3.63) is 30.1 Å². The number of nitrogen functional groups attached to an aromatic ring is 1. The molecule has 0 aliphatic heterocycles. The lowest BCUT2D eigenvalue weighted by Gasteiger charge is -1.97. The van der Waals surface area contributed by atoms with E-state index in [9.17, 15) is 4.79 Å². The predicted octanol–water partition coefficient (Wildman–Crippen LogP) is 1.74. The van der Waals surface area contributed by atoms with Crippen molar-refractivity contribution in [3.8, 4) is 0 Å². The van der Waals surface area contributed by atoms with Crippen LogP contribution in [0, 0.1) is 0 Å². The standard InChI is InChI=1S/C11H13N3OS/c1-8(15)16-7-5-9-11(12)14-6-3-2-4-10(14)13-9/h2-4,6H,5,7,12H2,1H3. The summed E-state index contributed by atoms with van der Waals surface area (Å²) in [4.78, 5) is 15.2. The normalized spacial score (nSPS) is 10.8. The molecule has 2 aromatic heterocycles. The Morgan fingerprint density at radius 3 is 3.06 bits per heavy atom. The van der Waals surface area contributed by atoms with E-state index in [1.165, 1.54) is 11.8 Å². The molecule has 2 N–H and O–H groups in total. The number of thioether (sulfide) groups is 1. The number of pyridine rings is 1. The molecule has 0 unspecified atom stereocenters. The molecule has 0 bridgehead atoms. The van der Waals surface area contributed by atoms with Gasteiger partial charge in [0.05, 0.1) is 5.69 Å². The van der Waals surface area contributed by atoms with Gasteiger partial charge in [0.25, 0.3) is 0 Å². The van der Waals surface area contributed by atoms with Crippen LogP contribution >= 0.6 is 11.8 Å². The number of nitrogens with zero attached hydrogens (tertiary/aromatic N) is 2. The van der Waals surface area contributed by atoms with E-state index in [2.05, 4.69) is 4.98 Å². The molecule has 5 heteroatoms. The molecule has 0 radical (unpaired) electrons. The molecular weight excluding hydrogens is 222 g/mol. The summed E-state index contributed by atoms with van der Waals surface area (Å²) in [5.74, 6) is 1.39. The molecule has 84 valence electrons. The van der Waals surface area contributed by atoms with Crippen molar-refractivity contribution in [2.24, 2.45) is 0 Å². The fourth-order valence-electron chi connectivity index (χ4n) is 1.54. The quantitative estimate of drug-likeness (QED) is 0.880. The Morgan fingerprint density at radius 1 is 1.56 bits per heavy atom. The number of hydrogen-bond donors (Lipinski definition) is 1. The number of anilines is 1. The number of imidazole rings is 1. The molecule has 2 rings (SSSR count). The van der Waals surface area contributed by atoms with Crippen LogP contribution in [0.4, 0.5) is 5.82 Å². The van der Waals surface area contributed by atoms with Crippen LogP contribution < -0.4 is 5.73 Å². The Labute approximate surface area is 97.9 Å². The number of carbonyl (C=O) groups excluding carboxylic acids is 1. The van der Waals surface area contributed by atoms with Gasteiger partial charge in [-0.05, 0) is 12.1 Å². The van der Waals surface area contributed by atoms with E-state index in [1.807, 2.05) is 28.8 Å². The van der Waals surface area contributed by atoms with Crippen LogP contribution in [0.25, 0.3) is 5.65 Å². The number of aryl methyl sites for hydroxylation is 1. The summed E-state index contributed by atoms with van der Waals surface area (Å²) in [7, 11) is 0. The maximum atomic E-state index is 10.8. The van der Waals surface area contributed by atoms with E-state index < -0.39 is 0 Å². The average molecular weight is 235 g/mol. The number of carbonyl (C=O) groups is 1. The van der Waals surface area contributed by atoms with E-state index in [1.54, 1.807) is 6.92 Å². The maximum Gasteiger partial charge on any atom is 0.185 e. The van der Waals surface area contributed by atoms with Gasteiger partial charge in [-0.2, -0.15) is 0 Å². The molecule has 0 saturated carbocycles. The fraction of sp³-hybridized carbons (Fsp3) is 0.273. The number of nitrogens with two attached hydrogens (primary N) is 1. The fourth-order valence-corrected chi connectivity index (χ4v) is 2.12. The molecule has 0 aromatic carbocycles.